The molecule has 1 aliphatic heterocycles. The molecule has 1 aliphatic rings. The third-order valence-corrected chi connectivity index (χ3v) is 4.56. The van der Waals surface area contributed by atoms with Gasteiger partial charge in [0.15, 0.2) is 5.78 Å². The highest BCUT2D eigenvalue weighted by atomic mass is 16.5. The van der Waals surface area contributed by atoms with E-state index in [1.165, 1.54) is 6.92 Å². The van der Waals surface area contributed by atoms with Gasteiger partial charge in [0.25, 0.3) is 0 Å². The average molecular weight is 361 g/mol. The first-order valence-electron chi connectivity index (χ1n) is 8.70. The number of carbonyl (C=O) groups excluding carboxylic acids is 2. The van der Waals surface area contributed by atoms with Crippen molar-refractivity contribution in [2.24, 2.45) is 0 Å². The molecule has 27 heavy (non-hydrogen) atoms. The Labute approximate surface area is 156 Å². The van der Waals surface area contributed by atoms with Gasteiger partial charge < -0.3 is 10.1 Å². The Morgan fingerprint density at radius 3 is 2.70 bits per heavy atom. The van der Waals surface area contributed by atoms with Gasteiger partial charge in [-0.2, -0.15) is 5.10 Å². The molecular formula is C21H19N3O3. The second kappa shape index (κ2) is 6.72. The lowest BCUT2D eigenvalue weighted by atomic mass is 10.0. The molecule has 0 fully saturated rings. The number of fused-ring (bicyclic) bond motifs is 3. The van der Waals surface area contributed by atoms with Crippen LogP contribution in [-0.4, -0.2) is 21.5 Å². The Balaban J connectivity index is 1.55. The largest absolute Gasteiger partial charge is 0.488 e. The number of Topliss-reactive ketones (excluding diaryl/α,β-unsaturated/α-hetero) is 1. The minimum absolute atomic E-state index is 0.00720. The Hall–Kier alpha value is -3.41. The fourth-order valence-electron chi connectivity index (χ4n) is 3.20. The van der Waals surface area contributed by atoms with Crippen LogP contribution >= 0.6 is 0 Å². The lowest BCUT2D eigenvalue weighted by Crippen LogP contribution is -2.21. The molecule has 6 heteroatoms. The van der Waals surface area contributed by atoms with E-state index in [-0.39, 0.29) is 18.2 Å². The molecule has 1 aromatic heterocycles. The smallest absolute Gasteiger partial charge is 0.246 e. The van der Waals surface area contributed by atoms with Gasteiger partial charge in [0.2, 0.25) is 5.91 Å². The standard InChI is InChI=1S/C21H19N3O3/c1-13-3-8-19-18(9-13)21-16(12-27-19)10-22-24(21)11-20(26)23-17-6-4-15(5-7-17)14(2)25/h3-10H,11-12H2,1-2H3,(H,23,26). The molecule has 1 N–H and O–H groups in total. The van der Waals surface area contributed by atoms with Gasteiger partial charge in [-0.3, -0.25) is 14.3 Å². The molecule has 4 rings (SSSR count). The van der Waals surface area contributed by atoms with Crippen LogP contribution in [0, 0.1) is 6.92 Å². The van der Waals surface area contributed by atoms with Crippen molar-refractivity contribution in [2.75, 3.05) is 5.32 Å². The van der Waals surface area contributed by atoms with E-state index >= 15 is 0 Å². The van der Waals surface area contributed by atoms with Crippen molar-refractivity contribution in [3.8, 4) is 17.0 Å². The highest BCUT2D eigenvalue weighted by Gasteiger charge is 2.23. The van der Waals surface area contributed by atoms with Gasteiger partial charge in [-0.1, -0.05) is 11.6 Å². The van der Waals surface area contributed by atoms with Crippen molar-refractivity contribution >= 4 is 17.4 Å². The summed E-state index contributed by atoms with van der Waals surface area (Å²) in [7, 11) is 0. The van der Waals surface area contributed by atoms with Crippen molar-refractivity contribution < 1.29 is 14.3 Å². The summed E-state index contributed by atoms with van der Waals surface area (Å²) in [6.45, 7) is 4.07. The number of aromatic nitrogens is 2. The molecule has 0 atom stereocenters. The Bertz CT molecular complexity index is 1040. The molecule has 0 spiro atoms. The lowest BCUT2D eigenvalue weighted by molar-refractivity contribution is -0.116. The molecule has 0 aliphatic carbocycles. The minimum atomic E-state index is -0.183. The van der Waals surface area contributed by atoms with E-state index in [4.69, 9.17) is 4.74 Å². The van der Waals surface area contributed by atoms with E-state index in [1.807, 2.05) is 25.1 Å². The zero-order chi connectivity index (χ0) is 19.0. The Kier molecular flexibility index (Phi) is 4.24. The third kappa shape index (κ3) is 3.33. The molecular weight excluding hydrogens is 342 g/mol. The topological polar surface area (TPSA) is 73.2 Å². The summed E-state index contributed by atoms with van der Waals surface area (Å²) in [5.74, 6) is 0.611. The first-order chi connectivity index (χ1) is 13.0. The normalized spacial score (nSPS) is 11.9. The highest BCUT2D eigenvalue weighted by molar-refractivity contribution is 5.95. The summed E-state index contributed by atoms with van der Waals surface area (Å²) in [5.41, 5.74) is 5.21. The molecule has 0 radical (unpaired) electrons. The average Bonchev–Trinajstić information content (AvgIpc) is 3.05. The lowest BCUT2D eigenvalue weighted by Gasteiger charge is -2.19. The SMILES string of the molecule is CC(=O)c1ccc(NC(=O)Cn2ncc3c2-c2cc(C)ccc2OC3)cc1. The van der Waals surface area contributed by atoms with Gasteiger partial charge in [-0.15, -0.1) is 0 Å². The van der Waals surface area contributed by atoms with Gasteiger partial charge in [-0.25, -0.2) is 0 Å². The minimum Gasteiger partial charge on any atom is -0.488 e. The fourth-order valence-corrected chi connectivity index (χ4v) is 3.20. The summed E-state index contributed by atoms with van der Waals surface area (Å²) in [6, 6.07) is 12.8. The van der Waals surface area contributed by atoms with Crippen LogP contribution in [0.4, 0.5) is 5.69 Å². The van der Waals surface area contributed by atoms with Crippen LogP contribution in [-0.2, 0) is 17.9 Å². The van der Waals surface area contributed by atoms with Crippen LogP contribution in [0.15, 0.2) is 48.7 Å². The molecule has 2 aromatic carbocycles. The number of aryl methyl sites for hydroxylation is 1. The highest BCUT2D eigenvalue weighted by Crippen LogP contribution is 2.37. The quantitative estimate of drug-likeness (QED) is 0.721. The van der Waals surface area contributed by atoms with E-state index in [9.17, 15) is 9.59 Å². The molecule has 0 saturated carbocycles. The number of ketones is 1. The Morgan fingerprint density at radius 1 is 1.19 bits per heavy atom. The molecule has 1 amide bonds. The summed E-state index contributed by atoms with van der Waals surface area (Å²) in [4.78, 5) is 23.8. The predicted octanol–water partition coefficient (Wildman–Crippen LogP) is 3.59. The predicted molar refractivity (Wildman–Crippen MR) is 102 cm³/mol. The van der Waals surface area contributed by atoms with E-state index in [2.05, 4.69) is 10.4 Å². The molecule has 2 heterocycles. The van der Waals surface area contributed by atoms with Crippen LogP contribution in [0.2, 0.25) is 0 Å². The second-order valence-corrected chi connectivity index (χ2v) is 6.65. The number of nitrogens with zero attached hydrogens (tertiary/aromatic N) is 2. The van der Waals surface area contributed by atoms with Gasteiger partial charge >= 0.3 is 0 Å². The third-order valence-electron chi connectivity index (χ3n) is 4.56. The summed E-state index contributed by atoms with van der Waals surface area (Å²) in [5, 5.41) is 7.22. The first-order valence-corrected chi connectivity index (χ1v) is 8.70. The van der Waals surface area contributed by atoms with E-state index in [0.717, 1.165) is 28.1 Å². The van der Waals surface area contributed by atoms with E-state index in [1.54, 1.807) is 35.1 Å². The monoisotopic (exact) mass is 361 g/mol. The van der Waals surface area contributed by atoms with E-state index < -0.39 is 0 Å². The van der Waals surface area contributed by atoms with Crippen LogP contribution in [0.5, 0.6) is 5.75 Å². The van der Waals surface area contributed by atoms with Gasteiger partial charge in [-0.05, 0) is 50.2 Å². The van der Waals surface area contributed by atoms with Crippen LogP contribution in [0.25, 0.3) is 11.3 Å². The van der Waals surface area contributed by atoms with Crippen molar-refractivity contribution in [3.63, 3.8) is 0 Å². The summed E-state index contributed by atoms with van der Waals surface area (Å²) < 4.78 is 7.47. The number of anilines is 1. The number of benzene rings is 2. The molecule has 136 valence electrons. The fraction of sp³-hybridized carbons (Fsp3) is 0.190. The van der Waals surface area contributed by atoms with Gasteiger partial charge in [0.1, 0.15) is 18.9 Å². The van der Waals surface area contributed by atoms with Crippen molar-refractivity contribution in [3.05, 3.63) is 65.4 Å². The molecule has 0 unspecified atom stereocenters. The summed E-state index contributed by atoms with van der Waals surface area (Å²) in [6.07, 6.45) is 1.75. The van der Waals surface area contributed by atoms with Gasteiger partial charge in [0.05, 0.1) is 11.9 Å². The van der Waals surface area contributed by atoms with Crippen LogP contribution in [0.3, 0.4) is 0 Å². The van der Waals surface area contributed by atoms with Crippen molar-refractivity contribution in [1.82, 2.24) is 9.78 Å². The Morgan fingerprint density at radius 2 is 1.96 bits per heavy atom. The zero-order valence-corrected chi connectivity index (χ0v) is 15.2. The number of hydrogen-bond acceptors (Lipinski definition) is 4. The van der Waals surface area contributed by atoms with Crippen molar-refractivity contribution in [2.45, 2.75) is 27.0 Å². The number of amides is 1. The maximum absolute atomic E-state index is 12.5. The molecule has 0 bridgehead atoms. The molecule has 0 saturated heterocycles. The maximum atomic E-state index is 12.5. The number of hydrogen-bond donors (Lipinski definition) is 1. The number of nitrogens with one attached hydrogen (secondary N) is 1. The maximum Gasteiger partial charge on any atom is 0.246 e. The van der Waals surface area contributed by atoms with Gasteiger partial charge in [0, 0.05) is 22.4 Å². The van der Waals surface area contributed by atoms with Crippen LogP contribution in [0.1, 0.15) is 28.4 Å². The van der Waals surface area contributed by atoms with Crippen molar-refractivity contribution in [1.29, 1.82) is 0 Å². The number of carbonyl (C=O) groups is 2. The zero-order valence-electron chi connectivity index (χ0n) is 15.2. The van der Waals surface area contributed by atoms with Crippen LogP contribution < -0.4 is 10.1 Å². The number of rotatable bonds is 4. The molecule has 3 aromatic rings. The van der Waals surface area contributed by atoms with E-state index in [0.29, 0.717) is 17.9 Å². The second-order valence-electron chi connectivity index (χ2n) is 6.65. The summed E-state index contributed by atoms with van der Waals surface area (Å²) >= 11 is 0. The first kappa shape index (κ1) is 17.0. The molecule has 6 nitrogen and oxygen atoms in total. The number of ether oxygens (including phenoxy) is 1.